The largest absolute Gasteiger partial charge is 0.355 e. The molecule has 0 spiro atoms. The van der Waals surface area contributed by atoms with E-state index >= 15 is 0 Å². The van der Waals surface area contributed by atoms with E-state index in [0.29, 0.717) is 19.6 Å². The van der Waals surface area contributed by atoms with E-state index in [4.69, 9.17) is 0 Å². The lowest BCUT2D eigenvalue weighted by atomic mass is 10.0. The van der Waals surface area contributed by atoms with Gasteiger partial charge in [-0.15, -0.1) is 0 Å². The first kappa shape index (κ1) is 18.5. The van der Waals surface area contributed by atoms with E-state index in [1.165, 1.54) is 5.56 Å². The van der Waals surface area contributed by atoms with Crippen molar-refractivity contribution in [3.63, 3.8) is 0 Å². The predicted octanol–water partition coefficient (Wildman–Crippen LogP) is 1.98. The van der Waals surface area contributed by atoms with E-state index in [2.05, 4.69) is 17.1 Å². The third kappa shape index (κ3) is 5.06. The minimum atomic E-state index is 0.0811. The van der Waals surface area contributed by atoms with E-state index in [9.17, 15) is 9.59 Å². The van der Waals surface area contributed by atoms with Gasteiger partial charge in [0.1, 0.15) is 0 Å². The lowest BCUT2D eigenvalue weighted by molar-refractivity contribution is -0.122. The van der Waals surface area contributed by atoms with E-state index in [-0.39, 0.29) is 11.8 Å². The molecule has 1 fully saturated rings. The first-order valence-corrected chi connectivity index (χ1v) is 8.87. The van der Waals surface area contributed by atoms with Crippen LogP contribution in [0.1, 0.15) is 41.3 Å². The zero-order valence-corrected chi connectivity index (χ0v) is 15.1. The van der Waals surface area contributed by atoms with Crippen LogP contribution in [0.3, 0.4) is 0 Å². The molecule has 1 heterocycles. The molecule has 0 aliphatic carbocycles. The van der Waals surface area contributed by atoms with Crippen LogP contribution < -0.4 is 5.32 Å². The maximum Gasteiger partial charge on any atom is 0.254 e. The molecule has 2 amide bonds. The molecule has 1 aromatic carbocycles. The average Bonchev–Trinajstić information content (AvgIpc) is 2.55. The first-order chi connectivity index (χ1) is 11.5. The summed E-state index contributed by atoms with van der Waals surface area (Å²) in [5, 5.41) is 2.94. The monoisotopic (exact) mass is 331 g/mol. The van der Waals surface area contributed by atoms with E-state index in [0.717, 1.165) is 43.6 Å². The normalized spacial score (nSPS) is 15.4. The Hall–Kier alpha value is -1.88. The second kappa shape index (κ2) is 8.83. The number of nitrogens with one attached hydrogen (secondary N) is 1. The number of carbonyl (C=O) groups is 2. The number of benzene rings is 1. The second-order valence-corrected chi connectivity index (χ2v) is 6.59. The van der Waals surface area contributed by atoms with Gasteiger partial charge in [-0.2, -0.15) is 0 Å². The highest BCUT2D eigenvalue weighted by Crippen LogP contribution is 2.14. The molecule has 1 aromatic rings. The minimum Gasteiger partial charge on any atom is -0.355 e. The van der Waals surface area contributed by atoms with Crippen molar-refractivity contribution in [2.24, 2.45) is 0 Å². The highest BCUT2D eigenvalue weighted by molar-refractivity contribution is 5.95. The molecule has 0 saturated carbocycles. The highest BCUT2D eigenvalue weighted by Gasteiger charge is 2.24. The summed E-state index contributed by atoms with van der Waals surface area (Å²) in [7, 11) is 0. The number of piperazine rings is 1. The van der Waals surface area contributed by atoms with Crippen molar-refractivity contribution >= 4 is 11.8 Å². The molecule has 5 nitrogen and oxygen atoms in total. The maximum absolute atomic E-state index is 12.7. The summed E-state index contributed by atoms with van der Waals surface area (Å²) in [4.78, 5) is 28.5. The zero-order chi connectivity index (χ0) is 17.5. The van der Waals surface area contributed by atoms with Crippen LogP contribution >= 0.6 is 0 Å². The van der Waals surface area contributed by atoms with Crippen molar-refractivity contribution in [2.45, 2.75) is 33.6 Å². The van der Waals surface area contributed by atoms with Crippen molar-refractivity contribution in [3.8, 4) is 0 Å². The quantitative estimate of drug-likeness (QED) is 0.811. The Bertz CT molecular complexity index is 578. The summed E-state index contributed by atoms with van der Waals surface area (Å²) in [6, 6.07) is 5.95. The fourth-order valence-corrected chi connectivity index (χ4v) is 3.00. The van der Waals surface area contributed by atoms with Gasteiger partial charge in [-0.05, 0) is 31.9 Å². The molecule has 0 radical (unpaired) electrons. The first-order valence-electron chi connectivity index (χ1n) is 8.87. The molecule has 1 aliphatic heterocycles. The van der Waals surface area contributed by atoms with Crippen LogP contribution in [0.4, 0.5) is 0 Å². The molecule has 2 rings (SSSR count). The summed E-state index contributed by atoms with van der Waals surface area (Å²) >= 11 is 0. The molecule has 0 aromatic heterocycles. The van der Waals surface area contributed by atoms with Gasteiger partial charge in [-0.3, -0.25) is 14.5 Å². The van der Waals surface area contributed by atoms with Crippen LogP contribution in [0.5, 0.6) is 0 Å². The number of aryl methyl sites for hydroxylation is 2. The van der Waals surface area contributed by atoms with E-state index < -0.39 is 0 Å². The Balaban J connectivity index is 1.81. The summed E-state index contributed by atoms with van der Waals surface area (Å²) in [6.45, 7) is 10.1. The number of hydrogen-bond donors (Lipinski definition) is 1. The molecule has 0 bridgehead atoms. The van der Waals surface area contributed by atoms with Gasteiger partial charge in [0.2, 0.25) is 5.91 Å². The number of unbranched alkanes of at least 4 members (excludes halogenated alkanes) is 1. The van der Waals surface area contributed by atoms with Crippen LogP contribution in [-0.4, -0.2) is 60.9 Å². The molecule has 1 aliphatic rings. The Morgan fingerprint density at radius 2 is 1.83 bits per heavy atom. The molecule has 132 valence electrons. The Morgan fingerprint density at radius 1 is 1.12 bits per heavy atom. The van der Waals surface area contributed by atoms with Gasteiger partial charge < -0.3 is 10.2 Å². The SMILES string of the molecule is CCCCNC(=O)CN1CCN(C(=O)c2ccc(C)cc2C)CC1. The highest BCUT2D eigenvalue weighted by atomic mass is 16.2. The van der Waals surface area contributed by atoms with Crippen molar-refractivity contribution < 1.29 is 9.59 Å². The topological polar surface area (TPSA) is 52.7 Å². The van der Waals surface area contributed by atoms with Crippen LogP contribution in [0.2, 0.25) is 0 Å². The molecule has 1 N–H and O–H groups in total. The van der Waals surface area contributed by atoms with E-state index in [1.54, 1.807) is 0 Å². The van der Waals surface area contributed by atoms with Crippen molar-refractivity contribution in [1.82, 2.24) is 15.1 Å². The van der Waals surface area contributed by atoms with Gasteiger partial charge in [0.15, 0.2) is 0 Å². The average molecular weight is 331 g/mol. The number of rotatable bonds is 6. The molecule has 0 atom stereocenters. The Kier molecular flexibility index (Phi) is 6.79. The number of nitrogens with zero attached hydrogens (tertiary/aromatic N) is 2. The number of hydrogen-bond acceptors (Lipinski definition) is 3. The van der Waals surface area contributed by atoms with Crippen LogP contribution in [0, 0.1) is 13.8 Å². The lowest BCUT2D eigenvalue weighted by Gasteiger charge is -2.34. The second-order valence-electron chi connectivity index (χ2n) is 6.59. The fraction of sp³-hybridized carbons (Fsp3) is 0.579. The molecule has 1 saturated heterocycles. The summed E-state index contributed by atoms with van der Waals surface area (Å²) in [5.74, 6) is 0.178. The van der Waals surface area contributed by atoms with Gasteiger partial charge in [0, 0.05) is 38.3 Å². The Labute approximate surface area is 145 Å². The standard InChI is InChI=1S/C19H29N3O2/c1-4-5-8-20-18(23)14-21-9-11-22(12-10-21)19(24)17-7-6-15(2)13-16(17)3/h6-7,13H,4-5,8-12,14H2,1-3H3,(H,20,23). The lowest BCUT2D eigenvalue weighted by Crippen LogP contribution is -2.51. The summed E-state index contributed by atoms with van der Waals surface area (Å²) in [5.41, 5.74) is 2.98. The maximum atomic E-state index is 12.7. The van der Waals surface area contributed by atoms with Gasteiger partial charge in [-0.1, -0.05) is 31.0 Å². The summed E-state index contributed by atoms with van der Waals surface area (Å²) < 4.78 is 0. The molecule has 0 unspecified atom stereocenters. The van der Waals surface area contributed by atoms with Crippen LogP contribution in [0.15, 0.2) is 18.2 Å². The molecular formula is C19H29N3O2. The van der Waals surface area contributed by atoms with Crippen LogP contribution in [0.25, 0.3) is 0 Å². The van der Waals surface area contributed by atoms with Crippen molar-refractivity contribution in [1.29, 1.82) is 0 Å². The van der Waals surface area contributed by atoms with Crippen molar-refractivity contribution in [2.75, 3.05) is 39.3 Å². The fourth-order valence-electron chi connectivity index (χ4n) is 3.00. The summed E-state index contributed by atoms with van der Waals surface area (Å²) in [6.07, 6.45) is 2.10. The van der Waals surface area contributed by atoms with Gasteiger partial charge in [-0.25, -0.2) is 0 Å². The van der Waals surface area contributed by atoms with E-state index in [1.807, 2.05) is 36.9 Å². The third-order valence-electron chi connectivity index (χ3n) is 4.49. The minimum absolute atomic E-state index is 0.0811. The smallest absolute Gasteiger partial charge is 0.254 e. The predicted molar refractivity (Wildman–Crippen MR) is 96.2 cm³/mol. The number of carbonyl (C=O) groups excluding carboxylic acids is 2. The number of amides is 2. The van der Waals surface area contributed by atoms with Crippen LogP contribution in [-0.2, 0) is 4.79 Å². The van der Waals surface area contributed by atoms with Gasteiger partial charge >= 0.3 is 0 Å². The van der Waals surface area contributed by atoms with Gasteiger partial charge in [0.25, 0.3) is 5.91 Å². The molecule has 24 heavy (non-hydrogen) atoms. The zero-order valence-electron chi connectivity index (χ0n) is 15.1. The van der Waals surface area contributed by atoms with Gasteiger partial charge in [0.05, 0.1) is 6.54 Å². The Morgan fingerprint density at radius 3 is 2.46 bits per heavy atom. The van der Waals surface area contributed by atoms with Crippen molar-refractivity contribution in [3.05, 3.63) is 34.9 Å². The molecular weight excluding hydrogens is 302 g/mol. The third-order valence-corrected chi connectivity index (χ3v) is 4.49. The molecule has 5 heteroatoms.